The molecule has 1 aliphatic rings. The Bertz CT molecular complexity index is 847. The lowest BCUT2D eigenvalue weighted by molar-refractivity contribution is -0.122. The lowest BCUT2D eigenvalue weighted by Crippen LogP contribution is -2.41. The molecule has 0 spiro atoms. The molecule has 1 saturated carbocycles. The molecule has 7 heteroatoms. The van der Waals surface area contributed by atoms with E-state index in [2.05, 4.69) is 10.4 Å². The van der Waals surface area contributed by atoms with Gasteiger partial charge in [-0.2, -0.15) is 0 Å². The first-order valence-corrected chi connectivity index (χ1v) is 8.31. The van der Waals surface area contributed by atoms with Crippen LogP contribution < -0.4 is 22.2 Å². The van der Waals surface area contributed by atoms with Crippen molar-refractivity contribution in [1.82, 2.24) is 15.1 Å². The van der Waals surface area contributed by atoms with Crippen molar-refractivity contribution in [2.24, 2.45) is 5.73 Å². The lowest BCUT2D eigenvalue weighted by Gasteiger charge is -2.26. The molecule has 2 aromatic rings. The largest absolute Gasteiger partial charge is 0.353 e. The highest BCUT2D eigenvalue weighted by Crippen LogP contribution is 2.16. The third kappa shape index (κ3) is 3.56. The van der Waals surface area contributed by atoms with E-state index in [1.165, 1.54) is 4.68 Å². The minimum atomic E-state index is -0.327. The summed E-state index contributed by atoms with van der Waals surface area (Å²) in [5.41, 5.74) is 5.24. The summed E-state index contributed by atoms with van der Waals surface area (Å²) in [6.45, 7) is 0.150. The number of nitrogens with two attached hydrogens (primary N) is 1. The van der Waals surface area contributed by atoms with Crippen molar-refractivity contribution in [2.75, 3.05) is 0 Å². The average molecular weight is 330 g/mol. The summed E-state index contributed by atoms with van der Waals surface area (Å²) in [6.07, 6.45) is 3.76. The van der Waals surface area contributed by atoms with Crippen LogP contribution in [0.2, 0.25) is 0 Å². The van der Waals surface area contributed by atoms with Crippen molar-refractivity contribution in [3.63, 3.8) is 0 Å². The number of aromatic amines is 1. The number of hydrogen-bond donors (Lipinski definition) is 3. The predicted molar refractivity (Wildman–Crippen MR) is 91.8 cm³/mol. The molecule has 1 aromatic carbocycles. The number of hydrogen-bond acceptors (Lipinski definition) is 4. The quantitative estimate of drug-likeness (QED) is 0.756. The number of aromatic nitrogens is 2. The fraction of sp³-hybridized carbons (Fsp3) is 0.471. The number of amides is 1. The Hall–Kier alpha value is -2.41. The Kier molecular flexibility index (Phi) is 4.80. The van der Waals surface area contributed by atoms with E-state index in [0.29, 0.717) is 10.8 Å². The molecule has 0 atom stereocenters. The number of nitrogens with zero attached hydrogens (tertiary/aromatic N) is 1. The summed E-state index contributed by atoms with van der Waals surface area (Å²) < 4.78 is 1.21. The molecule has 3 rings (SSSR count). The standard InChI is InChI=1S/C17H22N4O3/c18-11-5-7-12(8-6-11)19-15(22)9-10-21-17(24)14-4-2-1-3-13(14)16(23)20-21/h1-4,11-12H,5-10,18H2,(H,19,22)(H,20,23). The molecule has 1 aliphatic carbocycles. The van der Waals surface area contributed by atoms with Gasteiger partial charge in [-0.1, -0.05) is 12.1 Å². The molecule has 0 bridgehead atoms. The lowest BCUT2D eigenvalue weighted by atomic mass is 9.92. The summed E-state index contributed by atoms with van der Waals surface area (Å²) in [4.78, 5) is 36.5. The van der Waals surface area contributed by atoms with Gasteiger partial charge in [0.2, 0.25) is 5.91 Å². The molecule has 24 heavy (non-hydrogen) atoms. The molecular weight excluding hydrogens is 308 g/mol. The van der Waals surface area contributed by atoms with Gasteiger partial charge >= 0.3 is 0 Å². The number of nitrogens with one attached hydrogen (secondary N) is 2. The van der Waals surface area contributed by atoms with Gasteiger partial charge in [-0.05, 0) is 37.8 Å². The van der Waals surface area contributed by atoms with Crippen LogP contribution in [0.4, 0.5) is 0 Å². The molecule has 7 nitrogen and oxygen atoms in total. The second kappa shape index (κ2) is 7.00. The monoisotopic (exact) mass is 330 g/mol. The molecule has 128 valence electrons. The molecule has 1 fully saturated rings. The number of rotatable bonds is 4. The number of H-pyrrole nitrogens is 1. The summed E-state index contributed by atoms with van der Waals surface area (Å²) in [5.74, 6) is -0.114. The van der Waals surface area contributed by atoms with Crippen LogP contribution in [0, 0.1) is 0 Å². The zero-order valence-electron chi connectivity index (χ0n) is 13.5. The third-order valence-electron chi connectivity index (χ3n) is 4.58. The van der Waals surface area contributed by atoms with Crippen LogP contribution in [0.25, 0.3) is 10.8 Å². The van der Waals surface area contributed by atoms with Crippen LogP contribution in [0.3, 0.4) is 0 Å². The Labute approximate surface area is 138 Å². The maximum atomic E-state index is 12.4. The van der Waals surface area contributed by atoms with Gasteiger partial charge in [0.25, 0.3) is 11.1 Å². The van der Waals surface area contributed by atoms with Gasteiger partial charge in [-0.25, -0.2) is 4.68 Å². The molecule has 0 unspecified atom stereocenters. The second-order valence-corrected chi connectivity index (χ2v) is 6.37. The van der Waals surface area contributed by atoms with E-state index in [0.717, 1.165) is 25.7 Å². The van der Waals surface area contributed by atoms with Crippen LogP contribution in [0.1, 0.15) is 32.1 Å². The average Bonchev–Trinajstić information content (AvgIpc) is 2.59. The first-order valence-electron chi connectivity index (χ1n) is 8.31. The fourth-order valence-electron chi connectivity index (χ4n) is 3.18. The van der Waals surface area contributed by atoms with Gasteiger partial charge < -0.3 is 11.1 Å². The van der Waals surface area contributed by atoms with E-state index >= 15 is 0 Å². The Morgan fingerprint density at radius 3 is 2.54 bits per heavy atom. The van der Waals surface area contributed by atoms with E-state index < -0.39 is 0 Å². The molecule has 1 amide bonds. The Balaban J connectivity index is 1.65. The van der Waals surface area contributed by atoms with Gasteiger partial charge in [0, 0.05) is 18.5 Å². The zero-order valence-corrected chi connectivity index (χ0v) is 13.5. The zero-order chi connectivity index (χ0) is 17.1. The van der Waals surface area contributed by atoms with Crippen LogP contribution in [0.5, 0.6) is 0 Å². The smallest absolute Gasteiger partial charge is 0.273 e. The van der Waals surface area contributed by atoms with Gasteiger partial charge in [-0.3, -0.25) is 19.5 Å². The predicted octanol–water partition coefficient (Wildman–Crippen LogP) is 0.466. The highest BCUT2D eigenvalue weighted by Gasteiger charge is 2.20. The number of benzene rings is 1. The maximum Gasteiger partial charge on any atom is 0.273 e. The van der Waals surface area contributed by atoms with Crippen molar-refractivity contribution >= 4 is 16.7 Å². The van der Waals surface area contributed by atoms with Crippen molar-refractivity contribution in [1.29, 1.82) is 0 Å². The first kappa shape index (κ1) is 16.4. The van der Waals surface area contributed by atoms with Gasteiger partial charge in [0.15, 0.2) is 0 Å². The minimum Gasteiger partial charge on any atom is -0.353 e. The van der Waals surface area contributed by atoms with E-state index in [1.54, 1.807) is 24.3 Å². The molecule has 1 heterocycles. The van der Waals surface area contributed by atoms with Crippen molar-refractivity contribution in [3.8, 4) is 0 Å². The number of carbonyl (C=O) groups is 1. The normalized spacial score (nSPS) is 20.9. The van der Waals surface area contributed by atoms with Crippen molar-refractivity contribution in [2.45, 2.75) is 50.7 Å². The molecule has 0 saturated heterocycles. The van der Waals surface area contributed by atoms with Crippen LogP contribution in [-0.4, -0.2) is 27.8 Å². The summed E-state index contributed by atoms with van der Waals surface area (Å²) in [5, 5.41) is 6.24. The summed E-state index contributed by atoms with van der Waals surface area (Å²) in [7, 11) is 0. The number of aryl methyl sites for hydroxylation is 1. The van der Waals surface area contributed by atoms with Crippen LogP contribution in [0.15, 0.2) is 33.9 Å². The van der Waals surface area contributed by atoms with E-state index in [-0.39, 0.29) is 42.1 Å². The van der Waals surface area contributed by atoms with Crippen LogP contribution >= 0.6 is 0 Å². The second-order valence-electron chi connectivity index (χ2n) is 6.37. The number of fused-ring (bicyclic) bond motifs is 1. The van der Waals surface area contributed by atoms with Gasteiger partial charge in [0.1, 0.15) is 0 Å². The number of carbonyl (C=O) groups excluding carboxylic acids is 1. The first-order chi connectivity index (χ1) is 11.5. The minimum absolute atomic E-state index is 0.114. The van der Waals surface area contributed by atoms with Crippen LogP contribution in [-0.2, 0) is 11.3 Å². The SMILES string of the molecule is NC1CCC(NC(=O)CCn2[nH]c(=O)c3ccccc3c2=O)CC1. The van der Waals surface area contributed by atoms with Crippen molar-refractivity contribution in [3.05, 3.63) is 45.0 Å². The maximum absolute atomic E-state index is 12.4. The van der Waals surface area contributed by atoms with Crippen molar-refractivity contribution < 1.29 is 4.79 Å². The molecule has 0 aliphatic heterocycles. The van der Waals surface area contributed by atoms with E-state index in [1.807, 2.05) is 0 Å². The topological polar surface area (TPSA) is 110 Å². The Morgan fingerprint density at radius 2 is 1.83 bits per heavy atom. The highest BCUT2D eigenvalue weighted by atomic mass is 16.2. The summed E-state index contributed by atoms with van der Waals surface area (Å²) >= 11 is 0. The molecule has 1 aromatic heterocycles. The molecule has 0 radical (unpaired) electrons. The van der Waals surface area contributed by atoms with Gasteiger partial charge in [-0.15, -0.1) is 0 Å². The highest BCUT2D eigenvalue weighted by molar-refractivity contribution is 5.80. The molecular formula is C17H22N4O3. The summed E-state index contributed by atoms with van der Waals surface area (Å²) in [6, 6.07) is 7.05. The molecule has 4 N–H and O–H groups in total. The van der Waals surface area contributed by atoms with E-state index in [9.17, 15) is 14.4 Å². The fourth-order valence-corrected chi connectivity index (χ4v) is 3.18. The van der Waals surface area contributed by atoms with E-state index in [4.69, 9.17) is 5.73 Å². The Morgan fingerprint density at radius 1 is 1.17 bits per heavy atom. The third-order valence-corrected chi connectivity index (χ3v) is 4.58. The van der Waals surface area contributed by atoms with Gasteiger partial charge in [0.05, 0.1) is 17.3 Å².